The number of methoxy groups -OCH3 is 2. The molecule has 0 aliphatic carbocycles. The van der Waals surface area contributed by atoms with Crippen molar-refractivity contribution in [2.24, 2.45) is 5.73 Å². The highest BCUT2D eigenvalue weighted by Crippen LogP contribution is 2.20. The Morgan fingerprint density at radius 3 is 2.75 bits per heavy atom. The topological polar surface area (TPSA) is 61.5 Å². The molecule has 2 N–H and O–H groups in total. The van der Waals surface area contributed by atoms with E-state index in [1.165, 1.54) is 32.4 Å². The van der Waals surface area contributed by atoms with Gasteiger partial charge in [-0.25, -0.2) is 4.39 Å². The fraction of sp³-hybridized carbons (Fsp3) is 0.364. The predicted molar refractivity (Wildman–Crippen MR) is 56.6 cm³/mol. The van der Waals surface area contributed by atoms with Crippen molar-refractivity contribution in [3.05, 3.63) is 29.6 Å². The van der Waals surface area contributed by atoms with Crippen LogP contribution in [0.4, 0.5) is 4.39 Å². The SMILES string of the molecule is COC(=O)C(N)Cc1ccc(F)cc1OC. The van der Waals surface area contributed by atoms with Crippen LogP contribution in [0, 0.1) is 5.82 Å². The lowest BCUT2D eigenvalue weighted by Gasteiger charge is -2.12. The van der Waals surface area contributed by atoms with Gasteiger partial charge in [0.05, 0.1) is 14.2 Å². The maximum absolute atomic E-state index is 12.9. The Labute approximate surface area is 93.2 Å². The van der Waals surface area contributed by atoms with Crippen LogP contribution in [0.3, 0.4) is 0 Å². The second-order valence-electron chi connectivity index (χ2n) is 3.29. The Morgan fingerprint density at radius 2 is 2.19 bits per heavy atom. The van der Waals surface area contributed by atoms with Gasteiger partial charge < -0.3 is 15.2 Å². The standard InChI is InChI=1S/C11H14FNO3/c1-15-10-6-8(12)4-3-7(10)5-9(13)11(14)16-2/h3-4,6,9H,5,13H2,1-2H3. The molecule has 0 heterocycles. The summed E-state index contributed by atoms with van der Waals surface area (Å²) in [6, 6.07) is 3.31. The molecule has 1 aromatic carbocycles. The van der Waals surface area contributed by atoms with E-state index in [1.54, 1.807) is 0 Å². The fourth-order valence-electron chi connectivity index (χ4n) is 1.36. The minimum absolute atomic E-state index is 0.246. The van der Waals surface area contributed by atoms with E-state index in [-0.39, 0.29) is 6.42 Å². The number of hydrogen-bond acceptors (Lipinski definition) is 4. The molecule has 0 aliphatic rings. The molecule has 16 heavy (non-hydrogen) atoms. The molecular weight excluding hydrogens is 213 g/mol. The Balaban J connectivity index is 2.84. The maximum Gasteiger partial charge on any atom is 0.322 e. The molecule has 1 aromatic rings. The van der Waals surface area contributed by atoms with Crippen LogP contribution in [-0.4, -0.2) is 26.2 Å². The van der Waals surface area contributed by atoms with E-state index in [2.05, 4.69) is 4.74 Å². The van der Waals surface area contributed by atoms with Gasteiger partial charge in [0.25, 0.3) is 0 Å². The van der Waals surface area contributed by atoms with Gasteiger partial charge in [0.15, 0.2) is 0 Å². The number of esters is 1. The van der Waals surface area contributed by atoms with E-state index >= 15 is 0 Å². The zero-order valence-corrected chi connectivity index (χ0v) is 9.20. The fourth-order valence-corrected chi connectivity index (χ4v) is 1.36. The van der Waals surface area contributed by atoms with E-state index in [1.807, 2.05) is 0 Å². The van der Waals surface area contributed by atoms with Gasteiger partial charge in [-0.2, -0.15) is 0 Å². The zero-order chi connectivity index (χ0) is 12.1. The van der Waals surface area contributed by atoms with Gasteiger partial charge in [-0.05, 0) is 11.6 Å². The summed E-state index contributed by atoms with van der Waals surface area (Å²) in [5, 5.41) is 0. The molecular formula is C11H14FNO3. The number of benzene rings is 1. The molecule has 0 saturated carbocycles. The highest BCUT2D eigenvalue weighted by molar-refractivity contribution is 5.75. The molecule has 88 valence electrons. The average molecular weight is 227 g/mol. The van der Waals surface area contributed by atoms with Gasteiger partial charge in [0.1, 0.15) is 17.6 Å². The molecule has 0 spiro atoms. The number of rotatable bonds is 4. The first-order valence-corrected chi connectivity index (χ1v) is 4.74. The first-order chi connectivity index (χ1) is 7.58. The summed E-state index contributed by atoms with van der Waals surface area (Å²) in [6.07, 6.45) is 0.246. The third-order valence-corrected chi connectivity index (χ3v) is 2.19. The van der Waals surface area contributed by atoms with Crippen LogP contribution in [0.1, 0.15) is 5.56 Å². The van der Waals surface area contributed by atoms with Crippen LogP contribution >= 0.6 is 0 Å². The highest BCUT2D eigenvalue weighted by atomic mass is 19.1. The minimum atomic E-state index is -0.774. The van der Waals surface area contributed by atoms with E-state index in [0.29, 0.717) is 11.3 Å². The number of carbonyl (C=O) groups is 1. The molecule has 0 radical (unpaired) electrons. The molecule has 1 atom stereocenters. The molecule has 0 fully saturated rings. The Kier molecular flexibility index (Phi) is 4.25. The molecule has 5 heteroatoms. The molecule has 0 aromatic heterocycles. The monoisotopic (exact) mass is 227 g/mol. The summed E-state index contributed by atoms with van der Waals surface area (Å²) in [7, 11) is 2.70. The van der Waals surface area contributed by atoms with Gasteiger partial charge in [-0.3, -0.25) is 4.79 Å². The predicted octanol–water partition coefficient (Wildman–Crippen LogP) is 0.877. The van der Waals surface area contributed by atoms with Crippen LogP contribution < -0.4 is 10.5 Å². The number of halogens is 1. The smallest absolute Gasteiger partial charge is 0.322 e. The van der Waals surface area contributed by atoms with Crippen molar-refractivity contribution in [3.63, 3.8) is 0 Å². The number of nitrogens with two attached hydrogens (primary N) is 1. The molecule has 0 bridgehead atoms. The Bertz CT molecular complexity index is 381. The van der Waals surface area contributed by atoms with E-state index in [4.69, 9.17) is 10.5 Å². The largest absolute Gasteiger partial charge is 0.496 e. The van der Waals surface area contributed by atoms with Crippen molar-refractivity contribution in [3.8, 4) is 5.75 Å². The van der Waals surface area contributed by atoms with E-state index in [9.17, 15) is 9.18 Å². The lowest BCUT2D eigenvalue weighted by molar-refractivity contribution is -0.142. The van der Waals surface area contributed by atoms with Crippen molar-refractivity contribution in [1.82, 2.24) is 0 Å². The molecule has 0 saturated heterocycles. The third-order valence-electron chi connectivity index (χ3n) is 2.19. The van der Waals surface area contributed by atoms with Crippen LogP contribution in [0.15, 0.2) is 18.2 Å². The first kappa shape index (κ1) is 12.4. The average Bonchev–Trinajstić information content (AvgIpc) is 2.30. The second-order valence-corrected chi connectivity index (χ2v) is 3.29. The lowest BCUT2D eigenvalue weighted by atomic mass is 10.1. The van der Waals surface area contributed by atoms with Crippen LogP contribution in [0.5, 0.6) is 5.75 Å². The van der Waals surface area contributed by atoms with Gasteiger partial charge in [0.2, 0.25) is 0 Å². The summed E-state index contributed by atoms with van der Waals surface area (Å²) in [4.78, 5) is 11.1. The maximum atomic E-state index is 12.9. The summed E-state index contributed by atoms with van der Waals surface area (Å²) in [5.41, 5.74) is 6.27. The van der Waals surface area contributed by atoms with Crippen molar-refractivity contribution < 1.29 is 18.7 Å². The summed E-state index contributed by atoms with van der Waals surface area (Å²) < 4.78 is 22.4. The van der Waals surface area contributed by atoms with Crippen molar-refractivity contribution in [2.45, 2.75) is 12.5 Å². The van der Waals surface area contributed by atoms with Crippen molar-refractivity contribution >= 4 is 5.97 Å². The molecule has 1 rings (SSSR count). The lowest BCUT2D eigenvalue weighted by Crippen LogP contribution is -2.33. The van der Waals surface area contributed by atoms with Gasteiger partial charge >= 0.3 is 5.97 Å². The zero-order valence-electron chi connectivity index (χ0n) is 9.20. The Morgan fingerprint density at radius 1 is 1.50 bits per heavy atom. The van der Waals surface area contributed by atoms with Crippen LogP contribution in [0.2, 0.25) is 0 Å². The first-order valence-electron chi connectivity index (χ1n) is 4.74. The van der Waals surface area contributed by atoms with Gasteiger partial charge in [-0.1, -0.05) is 6.07 Å². The Hall–Kier alpha value is -1.62. The highest BCUT2D eigenvalue weighted by Gasteiger charge is 2.16. The second kappa shape index (κ2) is 5.46. The quantitative estimate of drug-likeness (QED) is 0.775. The van der Waals surface area contributed by atoms with E-state index in [0.717, 1.165) is 0 Å². The normalized spacial score (nSPS) is 12.0. The number of carbonyl (C=O) groups excluding carboxylic acids is 1. The van der Waals surface area contributed by atoms with Gasteiger partial charge in [-0.15, -0.1) is 0 Å². The van der Waals surface area contributed by atoms with Crippen LogP contribution in [-0.2, 0) is 16.0 Å². The number of ether oxygens (including phenoxy) is 2. The molecule has 0 amide bonds. The van der Waals surface area contributed by atoms with E-state index < -0.39 is 17.8 Å². The summed E-state index contributed by atoms with van der Waals surface area (Å²) >= 11 is 0. The van der Waals surface area contributed by atoms with Gasteiger partial charge in [0, 0.05) is 12.5 Å². The third kappa shape index (κ3) is 2.93. The molecule has 4 nitrogen and oxygen atoms in total. The molecule has 0 aliphatic heterocycles. The molecule has 1 unspecified atom stereocenters. The minimum Gasteiger partial charge on any atom is -0.496 e. The van der Waals surface area contributed by atoms with Crippen molar-refractivity contribution in [1.29, 1.82) is 0 Å². The van der Waals surface area contributed by atoms with Crippen molar-refractivity contribution in [2.75, 3.05) is 14.2 Å². The van der Waals surface area contributed by atoms with Crippen LogP contribution in [0.25, 0.3) is 0 Å². The number of hydrogen-bond donors (Lipinski definition) is 1. The summed E-state index contributed by atoms with van der Waals surface area (Å²) in [6.45, 7) is 0. The summed E-state index contributed by atoms with van der Waals surface area (Å²) in [5.74, 6) is -0.530.